The van der Waals surface area contributed by atoms with Crippen LogP contribution in [-0.4, -0.2) is 6.61 Å². The van der Waals surface area contributed by atoms with Crippen molar-refractivity contribution in [3.05, 3.63) is 24.5 Å². The molecule has 0 saturated heterocycles. The molecular formula is C14H20O. The van der Waals surface area contributed by atoms with Gasteiger partial charge in [0.25, 0.3) is 0 Å². The van der Waals surface area contributed by atoms with Crippen LogP contribution < -0.4 is 0 Å². The normalized spacial score (nSPS) is 41.7. The fourth-order valence-electron chi connectivity index (χ4n) is 4.27. The third-order valence-corrected chi connectivity index (χ3v) is 4.61. The number of allylic oxidation sites excluding steroid dienone is 1. The monoisotopic (exact) mass is 204 g/mol. The Labute approximate surface area is 92.2 Å². The minimum atomic E-state index is 0.737. The zero-order valence-electron chi connectivity index (χ0n) is 9.32. The molecule has 0 atom stereocenters. The van der Waals surface area contributed by atoms with Gasteiger partial charge in [0, 0.05) is 0 Å². The van der Waals surface area contributed by atoms with E-state index < -0.39 is 0 Å². The van der Waals surface area contributed by atoms with Gasteiger partial charge in [0.2, 0.25) is 0 Å². The maximum atomic E-state index is 5.23. The SMILES string of the molecule is C=COCC=C1C2CC3CC(C2)CC1C3. The second-order valence-corrected chi connectivity index (χ2v) is 5.51. The zero-order chi connectivity index (χ0) is 10.3. The number of hydrogen-bond acceptors (Lipinski definition) is 1. The second kappa shape index (κ2) is 3.70. The number of rotatable bonds is 3. The lowest BCUT2D eigenvalue weighted by Crippen LogP contribution is -2.40. The highest BCUT2D eigenvalue weighted by atomic mass is 16.5. The summed E-state index contributed by atoms with van der Waals surface area (Å²) in [4.78, 5) is 0. The van der Waals surface area contributed by atoms with Crippen molar-refractivity contribution in [2.75, 3.05) is 6.61 Å². The van der Waals surface area contributed by atoms with Crippen LogP contribution in [-0.2, 0) is 4.74 Å². The maximum absolute atomic E-state index is 5.23. The van der Waals surface area contributed by atoms with Gasteiger partial charge in [-0.2, -0.15) is 0 Å². The molecule has 4 bridgehead atoms. The summed E-state index contributed by atoms with van der Waals surface area (Å²) in [5.74, 6) is 3.94. The summed E-state index contributed by atoms with van der Waals surface area (Å²) >= 11 is 0. The van der Waals surface area contributed by atoms with Crippen LogP contribution in [0.1, 0.15) is 32.1 Å². The Balaban J connectivity index is 1.74. The first-order chi connectivity index (χ1) is 7.36. The summed E-state index contributed by atoms with van der Waals surface area (Å²) in [5, 5.41) is 0. The standard InChI is InChI=1S/C14H20O/c1-2-15-4-3-14-12-6-10-5-11(8-12)9-13(14)7-10/h2-3,10-13H,1,4-9H2. The third kappa shape index (κ3) is 1.62. The topological polar surface area (TPSA) is 9.23 Å². The van der Waals surface area contributed by atoms with Gasteiger partial charge in [0.05, 0.1) is 6.26 Å². The average molecular weight is 204 g/mol. The van der Waals surface area contributed by atoms with E-state index in [2.05, 4.69) is 12.7 Å². The highest BCUT2D eigenvalue weighted by molar-refractivity contribution is 5.20. The molecule has 4 rings (SSSR count). The predicted octanol–water partition coefficient (Wildman–Crippen LogP) is 3.53. The molecule has 4 aliphatic carbocycles. The number of hydrogen-bond donors (Lipinski definition) is 0. The molecule has 0 radical (unpaired) electrons. The highest BCUT2D eigenvalue weighted by Gasteiger charge is 2.44. The van der Waals surface area contributed by atoms with Crippen LogP contribution in [0.2, 0.25) is 0 Å². The maximum Gasteiger partial charge on any atom is 0.106 e. The molecule has 4 aliphatic rings. The fraction of sp³-hybridized carbons (Fsp3) is 0.714. The Kier molecular flexibility index (Phi) is 2.34. The van der Waals surface area contributed by atoms with Crippen LogP contribution in [0, 0.1) is 23.7 Å². The van der Waals surface area contributed by atoms with Gasteiger partial charge in [-0.3, -0.25) is 0 Å². The zero-order valence-corrected chi connectivity index (χ0v) is 9.32. The molecule has 0 N–H and O–H groups in total. The minimum Gasteiger partial charge on any atom is -0.498 e. The quantitative estimate of drug-likeness (QED) is 0.388. The Morgan fingerprint density at radius 2 is 1.67 bits per heavy atom. The Hall–Kier alpha value is -0.720. The van der Waals surface area contributed by atoms with E-state index in [0.717, 1.165) is 30.3 Å². The van der Waals surface area contributed by atoms with E-state index in [0.29, 0.717) is 0 Å². The van der Waals surface area contributed by atoms with Crippen LogP contribution in [0.25, 0.3) is 0 Å². The number of ether oxygens (including phenoxy) is 1. The minimum absolute atomic E-state index is 0.737. The molecular weight excluding hydrogens is 184 g/mol. The molecule has 82 valence electrons. The molecule has 0 heterocycles. The van der Waals surface area contributed by atoms with Crippen molar-refractivity contribution in [3.8, 4) is 0 Å². The molecule has 0 aliphatic heterocycles. The smallest absolute Gasteiger partial charge is 0.106 e. The summed E-state index contributed by atoms with van der Waals surface area (Å²) in [7, 11) is 0. The molecule has 4 saturated carbocycles. The van der Waals surface area contributed by atoms with Crippen LogP contribution >= 0.6 is 0 Å². The van der Waals surface area contributed by atoms with E-state index in [1.54, 1.807) is 11.8 Å². The van der Waals surface area contributed by atoms with Crippen molar-refractivity contribution >= 4 is 0 Å². The second-order valence-electron chi connectivity index (χ2n) is 5.51. The van der Waals surface area contributed by atoms with Crippen LogP contribution in [0.5, 0.6) is 0 Å². The van der Waals surface area contributed by atoms with E-state index in [4.69, 9.17) is 4.74 Å². The van der Waals surface area contributed by atoms with Crippen LogP contribution in [0.4, 0.5) is 0 Å². The first-order valence-electron chi connectivity index (χ1n) is 6.29. The van der Waals surface area contributed by atoms with Gasteiger partial charge in [-0.15, -0.1) is 0 Å². The van der Waals surface area contributed by atoms with Gasteiger partial charge >= 0.3 is 0 Å². The largest absolute Gasteiger partial charge is 0.498 e. The van der Waals surface area contributed by atoms with Crippen molar-refractivity contribution in [2.24, 2.45) is 23.7 Å². The lowest BCUT2D eigenvalue weighted by atomic mass is 9.54. The Morgan fingerprint density at radius 1 is 1.07 bits per heavy atom. The van der Waals surface area contributed by atoms with Gasteiger partial charge in [-0.25, -0.2) is 0 Å². The van der Waals surface area contributed by atoms with E-state index in [1.807, 2.05) is 0 Å². The van der Waals surface area contributed by atoms with Crippen molar-refractivity contribution < 1.29 is 4.74 Å². The van der Waals surface area contributed by atoms with Crippen molar-refractivity contribution in [3.63, 3.8) is 0 Å². The molecule has 0 aromatic heterocycles. The molecule has 0 unspecified atom stereocenters. The lowest BCUT2D eigenvalue weighted by Gasteiger charge is -2.51. The summed E-state index contributed by atoms with van der Waals surface area (Å²) in [6.07, 6.45) is 11.3. The van der Waals surface area contributed by atoms with Gasteiger partial charge in [-0.05, 0) is 61.9 Å². The van der Waals surface area contributed by atoms with Gasteiger partial charge in [0.15, 0.2) is 0 Å². The molecule has 0 spiro atoms. The van der Waals surface area contributed by atoms with E-state index >= 15 is 0 Å². The fourth-order valence-corrected chi connectivity index (χ4v) is 4.27. The Morgan fingerprint density at radius 3 is 2.20 bits per heavy atom. The van der Waals surface area contributed by atoms with Crippen molar-refractivity contribution in [2.45, 2.75) is 32.1 Å². The highest BCUT2D eigenvalue weighted by Crippen LogP contribution is 2.56. The average Bonchev–Trinajstić information content (AvgIpc) is 2.21. The first kappa shape index (κ1) is 9.50. The summed E-state index contributed by atoms with van der Waals surface area (Å²) < 4.78 is 5.23. The molecule has 0 amide bonds. The van der Waals surface area contributed by atoms with Crippen molar-refractivity contribution in [1.29, 1.82) is 0 Å². The van der Waals surface area contributed by atoms with Gasteiger partial charge < -0.3 is 4.74 Å². The summed E-state index contributed by atoms with van der Waals surface area (Å²) in [6, 6.07) is 0. The molecule has 1 nitrogen and oxygen atoms in total. The van der Waals surface area contributed by atoms with Crippen LogP contribution in [0.15, 0.2) is 24.5 Å². The molecule has 1 heteroatoms. The van der Waals surface area contributed by atoms with Crippen molar-refractivity contribution in [1.82, 2.24) is 0 Å². The molecule has 0 aromatic rings. The van der Waals surface area contributed by atoms with Crippen LogP contribution in [0.3, 0.4) is 0 Å². The van der Waals surface area contributed by atoms with E-state index in [9.17, 15) is 0 Å². The predicted molar refractivity (Wildman–Crippen MR) is 61.3 cm³/mol. The third-order valence-electron chi connectivity index (χ3n) is 4.61. The Bertz CT molecular complexity index is 260. The van der Waals surface area contributed by atoms with Gasteiger partial charge in [0.1, 0.15) is 6.61 Å². The van der Waals surface area contributed by atoms with E-state index in [1.165, 1.54) is 32.1 Å². The van der Waals surface area contributed by atoms with Gasteiger partial charge in [-0.1, -0.05) is 12.2 Å². The van der Waals surface area contributed by atoms with E-state index in [-0.39, 0.29) is 0 Å². The summed E-state index contributed by atoms with van der Waals surface area (Å²) in [6.45, 7) is 4.32. The summed E-state index contributed by atoms with van der Waals surface area (Å²) in [5.41, 5.74) is 1.73. The molecule has 4 fully saturated rings. The first-order valence-corrected chi connectivity index (χ1v) is 6.29. The molecule has 0 aromatic carbocycles. The molecule has 15 heavy (non-hydrogen) atoms. The lowest BCUT2D eigenvalue weighted by molar-refractivity contribution is 0.0685.